The standard InChI is InChI=1S/C13H19N3O/c1-2-11(13(14)16-17)15-12-8-7-9-5-3-4-6-10(9)12/h3-6,11-12,15,17H,2,7-8H2,1H3,(H2,14,16). The van der Waals surface area contributed by atoms with Crippen LogP contribution in [0.5, 0.6) is 0 Å². The Labute approximate surface area is 102 Å². The van der Waals surface area contributed by atoms with Crippen LogP contribution in [0.25, 0.3) is 0 Å². The molecule has 1 aromatic rings. The normalized spacial score (nSPS) is 21.2. The maximum atomic E-state index is 8.73. The molecule has 1 aromatic carbocycles. The topological polar surface area (TPSA) is 70.6 Å². The first-order valence-corrected chi connectivity index (χ1v) is 6.07. The van der Waals surface area contributed by atoms with E-state index in [1.165, 1.54) is 11.1 Å². The highest BCUT2D eigenvalue weighted by atomic mass is 16.4. The molecule has 4 nitrogen and oxygen atoms in total. The third-order valence-electron chi connectivity index (χ3n) is 3.42. The molecule has 1 aliphatic carbocycles. The van der Waals surface area contributed by atoms with Crippen LogP contribution in [0.15, 0.2) is 29.4 Å². The molecule has 0 saturated heterocycles. The fraction of sp³-hybridized carbons (Fsp3) is 0.462. The monoisotopic (exact) mass is 233 g/mol. The van der Waals surface area contributed by atoms with Gasteiger partial charge in [0.1, 0.15) is 0 Å². The molecule has 0 fully saturated rings. The number of nitrogens with zero attached hydrogens (tertiary/aromatic N) is 1. The summed E-state index contributed by atoms with van der Waals surface area (Å²) in [6.07, 6.45) is 2.99. The van der Waals surface area contributed by atoms with Gasteiger partial charge in [-0.05, 0) is 30.4 Å². The summed E-state index contributed by atoms with van der Waals surface area (Å²) in [5.74, 6) is 0.261. The maximum Gasteiger partial charge on any atom is 0.156 e. The number of amidine groups is 1. The minimum absolute atomic E-state index is 0.0591. The molecule has 0 bridgehead atoms. The van der Waals surface area contributed by atoms with Crippen LogP contribution in [0.4, 0.5) is 0 Å². The van der Waals surface area contributed by atoms with Gasteiger partial charge in [0.2, 0.25) is 0 Å². The van der Waals surface area contributed by atoms with Gasteiger partial charge in [-0.1, -0.05) is 36.3 Å². The van der Waals surface area contributed by atoms with E-state index in [-0.39, 0.29) is 11.9 Å². The van der Waals surface area contributed by atoms with Crippen LogP contribution in [0.2, 0.25) is 0 Å². The van der Waals surface area contributed by atoms with Gasteiger partial charge in [0.05, 0.1) is 6.04 Å². The SMILES string of the molecule is CCC(NC1CCc2ccccc21)C(N)=NO. The Morgan fingerprint density at radius 3 is 3.06 bits per heavy atom. The minimum Gasteiger partial charge on any atom is -0.409 e. The van der Waals surface area contributed by atoms with Crippen LogP contribution in [0, 0.1) is 0 Å². The number of nitrogens with two attached hydrogens (primary N) is 1. The largest absolute Gasteiger partial charge is 0.409 e. The molecule has 2 atom stereocenters. The second-order valence-electron chi connectivity index (χ2n) is 4.44. The van der Waals surface area contributed by atoms with E-state index >= 15 is 0 Å². The predicted molar refractivity (Wildman–Crippen MR) is 68.1 cm³/mol. The molecule has 17 heavy (non-hydrogen) atoms. The summed E-state index contributed by atoms with van der Waals surface area (Å²) in [7, 11) is 0. The smallest absolute Gasteiger partial charge is 0.156 e. The summed E-state index contributed by atoms with van der Waals surface area (Å²) in [4.78, 5) is 0. The van der Waals surface area contributed by atoms with Gasteiger partial charge in [-0.3, -0.25) is 0 Å². The van der Waals surface area contributed by atoms with E-state index in [9.17, 15) is 0 Å². The van der Waals surface area contributed by atoms with Crippen molar-refractivity contribution in [2.24, 2.45) is 10.9 Å². The fourth-order valence-electron chi connectivity index (χ4n) is 2.46. The number of fused-ring (bicyclic) bond motifs is 1. The third kappa shape index (κ3) is 2.42. The van der Waals surface area contributed by atoms with Gasteiger partial charge in [-0.2, -0.15) is 0 Å². The third-order valence-corrected chi connectivity index (χ3v) is 3.42. The molecule has 4 N–H and O–H groups in total. The molecule has 0 amide bonds. The van der Waals surface area contributed by atoms with Gasteiger partial charge in [-0.15, -0.1) is 0 Å². The van der Waals surface area contributed by atoms with Crippen molar-refractivity contribution in [1.29, 1.82) is 0 Å². The van der Waals surface area contributed by atoms with Crippen molar-refractivity contribution < 1.29 is 5.21 Å². The van der Waals surface area contributed by atoms with E-state index in [2.05, 4.69) is 34.7 Å². The second-order valence-corrected chi connectivity index (χ2v) is 4.44. The quantitative estimate of drug-likeness (QED) is 0.321. The zero-order chi connectivity index (χ0) is 12.3. The molecular weight excluding hydrogens is 214 g/mol. The molecule has 0 spiro atoms. The first-order valence-electron chi connectivity index (χ1n) is 6.07. The van der Waals surface area contributed by atoms with Gasteiger partial charge < -0.3 is 16.3 Å². The molecule has 2 rings (SSSR count). The molecule has 92 valence electrons. The average molecular weight is 233 g/mol. The van der Waals surface area contributed by atoms with E-state index in [4.69, 9.17) is 10.9 Å². The molecule has 0 saturated carbocycles. The van der Waals surface area contributed by atoms with E-state index in [1.54, 1.807) is 0 Å². The van der Waals surface area contributed by atoms with Crippen molar-refractivity contribution in [2.75, 3.05) is 0 Å². The molecule has 0 aromatic heterocycles. The Morgan fingerprint density at radius 1 is 1.59 bits per heavy atom. The number of oxime groups is 1. The number of nitrogens with one attached hydrogen (secondary N) is 1. The number of aryl methyl sites for hydroxylation is 1. The van der Waals surface area contributed by atoms with Crippen molar-refractivity contribution in [2.45, 2.75) is 38.3 Å². The zero-order valence-corrected chi connectivity index (χ0v) is 10.1. The fourth-order valence-corrected chi connectivity index (χ4v) is 2.46. The van der Waals surface area contributed by atoms with E-state index in [1.807, 2.05) is 6.92 Å². The summed E-state index contributed by atoms with van der Waals surface area (Å²) in [6, 6.07) is 8.71. The summed E-state index contributed by atoms with van der Waals surface area (Å²) in [5.41, 5.74) is 8.41. The highest BCUT2D eigenvalue weighted by molar-refractivity contribution is 5.85. The number of hydrogen-bond acceptors (Lipinski definition) is 3. The lowest BCUT2D eigenvalue weighted by atomic mass is 10.1. The predicted octanol–water partition coefficient (Wildman–Crippen LogP) is 1.79. The average Bonchev–Trinajstić information content (AvgIpc) is 2.78. The molecule has 4 heteroatoms. The summed E-state index contributed by atoms with van der Waals surface area (Å²) >= 11 is 0. The van der Waals surface area contributed by atoms with Gasteiger partial charge >= 0.3 is 0 Å². The second kappa shape index (κ2) is 5.19. The zero-order valence-electron chi connectivity index (χ0n) is 10.1. The van der Waals surface area contributed by atoms with E-state index in [0.717, 1.165) is 19.3 Å². The number of rotatable bonds is 4. The highest BCUT2D eigenvalue weighted by Crippen LogP contribution is 2.31. The Morgan fingerprint density at radius 2 is 2.35 bits per heavy atom. The van der Waals surface area contributed by atoms with Crippen molar-refractivity contribution in [3.8, 4) is 0 Å². The van der Waals surface area contributed by atoms with Gasteiger partial charge in [-0.25, -0.2) is 0 Å². The number of hydrogen-bond donors (Lipinski definition) is 3. The molecule has 0 aliphatic heterocycles. The lowest BCUT2D eigenvalue weighted by Crippen LogP contribution is -2.42. The van der Waals surface area contributed by atoms with Crippen molar-refractivity contribution in [1.82, 2.24) is 5.32 Å². The van der Waals surface area contributed by atoms with Crippen LogP contribution >= 0.6 is 0 Å². The number of benzene rings is 1. The Kier molecular flexibility index (Phi) is 3.64. The van der Waals surface area contributed by atoms with Gasteiger partial charge in [0, 0.05) is 6.04 Å². The summed E-state index contributed by atoms with van der Waals surface area (Å²) in [6.45, 7) is 2.02. The van der Waals surface area contributed by atoms with Crippen molar-refractivity contribution >= 4 is 5.84 Å². The minimum atomic E-state index is -0.0591. The maximum absolute atomic E-state index is 8.73. The molecule has 1 aliphatic rings. The molecular formula is C13H19N3O. The van der Waals surface area contributed by atoms with Gasteiger partial charge in [0.25, 0.3) is 0 Å². The molecule has 2 unspecified atom stereocenters. The van der Waals surface area contributed by atoms with Crippen LogP contribution < -0.4 is 11.1 Å². The van der Waals surface area contributed by atoms with Crippen LogP contribution in [0.3, 0.4) is 0 Å². The highest BCUT2D eigenvalue weighted by Gasteiger charge is 2.25. The summed E-state index contributed by atoms with van der Waals surface area (Å²) < 4.78 is 0. The molecule has 0 radical (unpaired) electrons. The van der Waals surface area contributed by atoms with Crippen LogP contribution in [-0.4, -0.2) is 17.1 Å². The van der Waals surface area contributed by atoms with Crippen LogP contribution in [0.1, 0.15) is 36.9 Å². The lowest BCUT2D eigenvalue weighted by Gasteiger charge is -2.21. The summed E-state index contributed by atoms with van der Waals surface area (Å²) in [5, 5.41) is 15.3. The Hall–Kier alpha value is -1.55. The Bertz CT molecular complexity index is 417. The van der Waals surface area contributed by atoms with Gasteiger partial charge in [0.15, 0.2) is 5.84 Å². The van der Waals surface area contributed by atoms with E-state index < -0.39 is 0 Å². The molecule has 0 heterocycles. The van der Waals surface area contributed by atoms with E-state index in [0.29, 0.717) is 6.04 Å². The van der Waals surface area contributed by atoms with Crippen LogP contribution in [-0.2, 0) is 6.42 Å². The van der Waals surface area contributed by atoms with Crippen molar-refractivity contribution in [3.63, 3.8) is 0 Å². The van der Waals surface area contributed by atoms with Crippen molar-refractivity contribution in [3.05, 3.63) is 35.4 Å². The first-order chi connectivity index (χ1) is 8.26. The Balaban J connectivity index is 2.11. The lowest BCUT2D eigenvalue weighted by molar-refractivity contribution is 0.313. The first kappa shape index (κ1) is 11.9.